The van der Waals surface area contributed by atoms with E-state index >= 15 is 0 Å². The second-order valence-electron chi connectivity index (χ2n) is 6.83. The Labute approximate surface area is 190 Å². The summed E-state index contributed by atoms with van der Waals surface area (Å²) < 4.78 is 10.7. The van der Waals surface area contributed by atoms with E-state index < -0.39 is 0 Å². The van der Waals surface area contributed by atoms with Crippen LogP contribution in [-0.4, -0.2) is 24.6 Å². The fourth-order valence-electron chi connectivity index (χ4n) is 3.13. The number of rotatable bonds is 8. The average Bonchev–Trinajstić information content (AvgIpc) is 3.25. The predicted molar refractivity (Wildman–Crippen MR) is 129 cm³/mol. The molecule has 162 valence electrons. The number of amides is 1. The van der Waals surface area contributed by atoms with E-state index in [1.165, 1.54) is 11.3 Å². The second-order valence-corrected chi connectivity index (χ2v) is 7.83. The topological polar surface area (TPSA) is 72.5 Å². The summed E-state index contributed by atoms with van der Waals surface area (Å²) in [6, 6.07) is 24.6. The van der Waals surface area contributed by atoms with Gasteiger partial charge in [-0.05, 0) is 43.3 Å². The molecule has 0 aliphatic heterocycles. The first kappa shape index (κ1) is 21.4. The maximum absolute atomic E-state index is 13.2. The van der Waals surface area contributed by atoms with E-state index in [0.717, 1.165) is 17.0 Å². The highest BCUT2D eigenvalue weighted by molar-refractivity contribution is 7.18. The molecule has 1 aromatic heterocycles. The van der Waals surface area contributed by atoms with Crippen molar-refractivity contribution in [2.75, 3.05) is 24.4 Å². The lowest BCUT2D eigenvalue weighted by Gasteiger charge is -2.07. The molecule has 7 heteroatoms. The van der Waals surface area contributed by atoms with Crippen molar-refractivity contribution in [3.05, 3.63) is 83.7 Å². The van der Waals surface area contributed by atoms with Crippen molar-refractivity contribution in [1.29, 1.82) is 0 Å². The molecule has 0 spiro atoms. The van der Waals surface area contributed by atoms with Crippen molar-refractivity contribution in [1.82, 2.24) is 4.98 Å². The van der Waals surface area contributed by atoms with Crippen LogP contribution in [0.25, 0.3) is 11.3 Å². The van der Waals surface area contributed by atoms with Crippen LogP contribution in [0.3, 0.4) is 0 Å². The Kier molecular flexibility index (Phi) is 6.67. The lowest BCUT2D eigenvalue weighted by Crippen LogP contribution is -2.11. The molecule has 0 fully saturated rings. The van der Waals surface area contributed by atoms with Crippen LogP contribution >= 0.6 is 11.3 Å². The quantitative estimate of drug-likeness (QED) is 0.337. The molecule has 3 aromatic carbocycles. The minimum atomic E-state index is -0.227. The normalized spacial score (nSPS) is 10.4. The van der Waals surface area contributed by atoms with Gasteiger partial charge in [0.15, 0.2) is 5.13 Å². The number of methoxy groups -OCH3 is 1. The fraction of sp³-hybridized carbons (Fsp3) is 0.120. The largest absolute Gasteiger partial charge is 0.497 e. The van der Waals surface area contributed by atoms with Crippen LogP contribution in [0.1, 0.15) is 16.6 Å². The van der Waals surface area contributed by atoms with Crippen molar-refractivity contribution in [2.45, 2.75) is 6.92 Å². The first-order valence-corrected chi connectivity index (χ1v) is 11.0. The lowest BCUT2D eigenvalue weighted by molar-refractivity contribution is 0.103. The van der Waals surface area contributed by atoms with Gasteiger partial charge in [-0.15, -0.1) is 0 Å². The Hall–Kier alpha value is -3.84. The number of nitrogens with one attached hydrogen (secondary N) is 2. The number of carbonyl (C=O) groups is 1. The Morgan fingerprint density at radius 3 is 2.44 bits per heavy atom. The summed E-state index contributed by atoms with van der Waals surface area (Å²) in [6.07, 6.45) is 0. The van der Waals surface area contributed by atoms with Crippen molar-refractivity contribution in [2.24, 2.45) is 0 Å². The summed E-state index contributed by atoms with van der Waals surface area (Å²) in [7, 11) is 1.59. The number of carbonyl (C=O) groups excluding carboxylic acids is 1. The minimum absolute atomic E-state index is 0.227. The number of thiazole rings is 1. The molecule has 0 saturated carbocycles. The van der Waals surface area contributed by atoms with Crippen LogP contribution in [0.15, 0.2) is 78.9 Å². The number of nitrogens with zero attached hydrogens (tertiary/aromatic N) is 1. The van der Waals surface area contributed by atoms with E-state index in [1.54, 1.807) is 13.2 Å². The highest BCUT2D eigenvalue weighted by atomic mass is 32.1. The molecule has 0 aliphatic carbocycles. The summed E-state index contributed by atoms with van der Waals surface area (Å²) in [5.74, 6) is 1.25. The molecule has 0 atom stereocenters. The number of hydrogen-bond acceptors (Lipinski definition) is 6. The van der Waals surface area contributed by atoms with Gasteiger partial charge in [0.05, 0.1) is 19.4 Å². The molecule has 1 heterocycles. The van der Waals surface area contributed by atoms with Crippen LogP contribution in [0.5, 0.6) is 11.5 Å². The maximum Gasteiger partial charge on any atom is 0.268 e. The molecule has 0 unspecified atom stereocenters. The molecule has 32 heavy (non-hydrogen) atoms. The second kappa shape index (κ2) is 9.98. The van der Waals surface area contributed by atoms with E-state index in [9.17, 15) is 4.79 Å². The molecular formula is C25H23N3O3S. The van der Waals surface area contributed by atoms with Gasteiger partial charge >= 0.3 is 0 Å². The third-order valence-electron chi connectivity index (χ3n) is 4.62. The zero-order valence-electron chi connectivity index (χ0n) is 17.8. The first-order valence-electron chi connectivity index (χ1n) is 10.2. The van der Waals surface area contributed by atoms with Gasteiger partial charge < -0.3 is 20.1 Å². The fourth-order valence-corrected chi connectivity index (χ4v) is 4.04. The van der Waals surface area contributed by atoms with Gasteiger partial charge in [-0.3, -0.25) is 4.79 Å². The third-order valence-corrected chi connectivity index (χ3v) is 5.59. The Balaban J connectivity index is 1.62. The zero-order chi connectivity index (χ0) is 22.3. The van der Waals surface area contributed by atoms with Gasteiger partial charge in [0, 0.05) is 23.0 Å². The highest BCUT2D eigenvalue weighted by Gasteiger charge is 2.20. The van der Waals surface area contributed by atoms with E-state index in [4.69, 9.17) is 14.5 Å². The summed E-state index contributed by atoms with van der Waals surface area (Å²) in [4.78, 5) is 18.4. The molecular weight excluding hydrogens is 422 g/mol. The molecule has 0 radical (unpaired) electrons. The molecule has 2 N–H and O–H groups in total. The SMILES string of the molecule is CCOc1ccc(Nc2nc(-c3ccccc3)c(C(=O)Nc3cccc(OC)c3)s2)cc1. The van der Waals surface area contributed by atoms with E-state index in [2.05, 4.69) is 10.6 Å². The van der Waals surface area contributed by atoms with Gasteiger partial charge in [0.1, 0.15) is 16.4 Å². The van der Waals surface area contributed by atoms with Crippen LogP contribution in [0.2, 0.25) is 0 Å². The van der Waals surface area contributed by atoms with Crippen LogP contribution in [-0.2, 0) is 0 Å². The smallest absolute Gasteiger partial charge is 0.268 e. The predicted octanol–water partition coefficient (Wildman–Crippen LogP) is 6.21. The van der Waals surface area contributed by atoms with Gasteiger partial charge in [0.2, 0.25) is 0 Å². The molecule has 0 saturated heterocycles. The number of aromatic nitrogens is 1. The molecule has 1 amide bonds. The summed E-state index contributed by atoms with van der Waals surface area (Å²) in [6.45, 7) is 2.57. The Morgan fingerprint density at radius 1 is 0.938 bits per heavy atom. The van der Waals surface area contributed by atoms with Crippen molar-refractivity contribution in [3.8, 4) is 22.8 Å². The van der Waals surface area contributed by atoms with Gasteiger partial charge in [-0.25, -0.2) is 4.98 Å². The number of anilines is 3. The van der Waals surface area contributed by atoms with E-state index in [1.807, 2.05) is 79.7 Å². The number of hydrogen-bond donors (Lipinski definition) is 2. The van der Waals surface area contributed by atoms with E-state index in [-0.39, 0.29) is 5.91 Å². The zero-order valence-corrected chi connectivity index (χ0v) is 18.6. The van der Waals surface area contributed by atoms with Crippen LogP contribution in [0.4, 0.5) is 16.5 Å². The molecule has 4 rings (SSSR count). The Bertz CT molecular complexity index is 1190. The van der Waals surface area contributed by atoms with Gasteiger partial charge in [0.25, 0.3) is 5.91 Å². The third kappa shape index (κ3) is 5.07. The molecule has 0 aliphatic rings. The first-order chi connectivity index (χ1) is 15.7. The van der Waals surface area contributed by atoms with E-state index in [0.29, 0.717) is 33.7 Å². The molecule has 0 bridgehead atoms. The monoisotopic (exact) mass is 445 g/mol. The summed E-state index contributed by atoms with van der Waals surface area (Å²) in [5, 5.41) is 6.87. The highest BCUT2D eigenvalue weighted by Crippen LogP contribution is 2.34. The molecule has 4 aromatic rings. The standard InChI is InChI=1S/C25H23N3O3S/c1-3-31-20-14-12-18(13-15-20)27-25-28-22(17-8-5-4-6-9-17)23(32-25)24(29)26-19-10-7-11-21(16-19)30-2/h4-16H,3H2,1-2H3,(H,26,29)(H,27,28). The van der Waals surface area contributed by atoms with Crippen LogP contribution in [0, 0.1) is 0 Å². The van der Waals surface area contributed by atoms with Crippen molar-refractivity contribution < 1.29 is 14.3 Å². The van der Waals surface area contributed by atoms with Crippen molar-refractivity contribution >= 4 is 33.8 Å². The number of ether oxygens (including phenoxy) is 2. The summed E-state index contributed by atoms with van der Waals surface area (Å²) >= 11 is 1.30. The van der Waals surface area contributed by atoms with Gasteiger partial charge in [-0.1, -0.05) is 47.7 Å². The minimum Gasteiger partial charge on any atom is -0.497 e. The summed E-state index contributed by atoms with van der Waals surface area (Å²) in [5.41, 5.74) is 3.02. The lowest BCUT2D eigenvalue weighted by atomic mass is 10.1. The number of benzene rings is 3. The van der Waals surface area contributed by atoms with Gasteiger partial charge in [-0.2, -0.15) is 0 Å². The Morgan fingerprint density at radius 2 is 1.72 bits per heavy atom. The average molecular weight is 446 g/mol. The maximum atomic E-state index is 13.2. The van der Waals surface area contributed by atoms with Crippen LogP contribution < -0.4 is 20.1 Å². The van der Waals surface area contributed by atoms with Crippen molar-refractivity contribution in [3.63, 3.8) is 0 Å². The molecule has 6 nitrogen and oxygen atoms in total.